The smallest absolute Gasteiger partial charge is 0.147 e. The summed E-state index contributed by atoms with van der Waals surface area (Å²) in [6.07, 6.45) is 3.98. The van der Waals surface area contributed by atoms with E-state index in [1.807, 2.05) is 13.0 Å². The Labute approximate surface area is 139 Å². The molecule has 0 aromatic heterocycles. The lowest BCUT2D eigenvalue weighted by molar-refractivity contribution is 0.564. The number of hydrogen-bond donors (Lipinski definition) is 0. The molecule has 122 valence electrons. The number of halogens is 3. The maximum atomic E-state index is 14.4. The van der Waals surface area contributed by atoms with E-state index in [4.69, 9.17) is 5.26 Å². The van der Waals surface area contributed by atoms with Gasteiger partial charge in [-0.2, -0.15) is 5.26 Å². The molecule has 3 rings (SSSR count). The van der Waals surface area contributed by atoms with Crippen molar-refractivity contribution < 1.29 is 13.2 Å². The molecule has 0 spiro atoms. The van der Waals surface area contributed by atoms with E-state index < -0.39 is 17.2 Å². The fourth-order valence-corrected chi connectivity index (χ4v) is 3.16. The van der Waals surface area contributed by atoms with Gasteiger partial charge < -0.3 is 0 Å². The average molecular weight is 327 g/mol. The first-order chi connectivity index (χ1) is 11.5. The van der Waals surface area contributed by atoms with E-state index in [1.54, 1.807) is 18.2 Å². The molecule has 0 radical (unpaired) electrons. The van der Waals surface area contributed by atoms with Gasteiger partial charge in [-0.1, -0.05) is 31.6 Å². The van der Waals surface area contributed by atoms with Gasteiger partial charge in [0.15, 0.2) is 0 Å². The lowest BCUT2D eigenvalue weighted by Crippen LogP contribution is -2.09. The fourth-order valence-electron chi connectivity index (χ4n) is 3.16. The van der Waals surface area contributed by atoms with Crippen LogP contribution in [0, 0.1) is 28.8 Å². The highest BCUT2D eigenvalue weighted by Crippen LogP contribution is 2.32. The molecule has 24 heavy (non-hydrogen) atoms. The van der Waals surface area contributed by atoms with E-state index in [-0.39, 0.29) is 18.7 Å². The highest BCUT2D eigenvalue weighted by atomic mass is 19.1. The van der Waals surface area contributed by atoms with Gasteiger partial charge in [0.25, 0.3) is 0 Å². The Morgan fingerprint density at radius 3 is 2.58 bits per heavy atom. The molecule has 0 bridgehead atoms. The van der Waals surface area contributed by atoms with E-state index >= 15 is 0 Å². The van der Waals surface area contributed by atoms with Crippen molar-refractivity contribution in [1.29, 1.82) is 5.26 Å². The second kappa shape index (κ2) is 6.52. The van der Waals surface area contributed by atoms with Gasteiger partial charge >= 0.3 is 0 Å². The van der Waals surface area contributed by atoms with Crippen molar-refractivity contribution in [1.82, 2.24) is 0 Å². The zero-order valence-electron chi connectivity index (χ0n) is 13.3. The molecule has 1 nitrogen and oxygen atoms in total. The molecule has 0 atom stereocenters. The van der Waals surface area contributed by atoms with Crippen molar-refractivity contribution >= 4 is 5.57 Å². The van der Waals surface area contributed by atoms with Crippen LogP contribution in [-0.2, 0) is 19.3 Å². The van der Waals surface area contributed by atoms with Crippen molar-refractivity contribution in [2.24, 2.45) is 0 Å². The first-order valence-corrected chi connectivity index (χ1v) is 7.92. The van der Waals surface area contributed by atoms with Crippen molar-refractivity contribution in [3.8, 4) is 6.07 Å². The van der Waals surface area contributed by atoms with Crippen LogP contribution in [-0.4, -0.2) is 0 Å². The minimum absolute atomic E-state index is 0.224. The molecule has 0 aliphatic heterocycles. The Morgan fingerprint density at radius 1 is 1.12 bits per heavy atom. The Hall–Kier alpha value is -2.54. The third kappa shape index (κ3) is 2.82. The molecule has 1 aliphatic rings. The summed E-state index contributed by atoms with van der Waals surface area (Å²) in [6.45, 7) is 2.03. The second-order valence-corrected chi connectivity index (χ2v) is 5.97. The molecule has 0 unspecified atom stereocenters. The number of fused-ring (bicyclic) bond motifs is 1. The monoisotopic (exact) mass is 327 g/mol. The van der Waals surface area contributed by atoms with Crippen LogP contribution in [0.4, 0.5) is 13.2 Å². The highest BCUT2D eigenvalue weighted by molar-refractivity contribution is 5.71. The molecule has 1 aliphatic carbocycles. The van der Waals surface area contributed by atoms with Gasteiger partial charge in [0.05, 0.1) is 0 Å². The molecule has 4 heteroatoms. The topological polar surface area (TPSA) is 23.8 Å². The predicted octanol–water partition coefficient (Wildman–Crippen LogP) is 5.11. The molecule has 0 saturated carbocycles. The Balaban J connectivity index is 1.97. The van der Waals surface area contributed by atoms with Crippen LogP contribution in [0.5, 0.6) is 0 Å². The summed E-state index contributed by atoms with van der Waals surface area (Å²) in [7, 11) is 0. The van der Waals surface area contributed by atoms with Crippen LogP contribution in [0.15, 0.2) is 30.3 Å². The van der Waals surface area contributed by atoms with Gasteiger partial charge in [-0.3, -0.25) is 0 Å². The first kappa shape index (κ1) is 16.3. The maximum absolute atomic E-state index is 14.4. The summed E-state index contributed by atoms with van der Waals surface area (Å²) in [6, 6.07) is 7.88. The summed E-state index contributed by atoms with van der Waals surface area (Å²) >= 11 is 0. The number of hydrogen-bond acceptors (Lipinski definition) is 1. The molecular formula is C20H16F3N. The van der Waals surface area contributed by atoms with Crippen molar-refractivity contribution in [3.63, 3.8) is 0 Å². The molecule has 0 saturated heterocycles. The maximum Gasteiger partial charge on any atom is 0.147 e. The van der Waals surface area contributed by atoms with Crippen LogP contribution < -0.4 is 0 Å². The van der Waals surface area contributed by atoms with Gasteiger partial charge in [-0.25, -0.2) is 13.2 Å². The van der Waals surface area contributed by atoms with Gasteiger partial charge in [0.2, 0.25) is 0 Å². The predicted molar refractivity (Wildman–Crippen MR) is 86.9 cm³/mol. The summed E-state index contributed by atoms with van der Waals surface area (Å²) in [4.78, 5) is 0. The Kier molecular flexibility index (Phi) is 4.44. The molecule has 2 aromatic rings. The van der Waals surface area contributed by atoms with Gasteiger partial charge in [0, 0.05) is 5.56 Å². The number of nitrogens with zero attached hydrogens (tertiary/aromatic N) is 1. The van der Waals surface area contributed by atoms with Gasteiger partial charge in [-0.15, -0.1) is 0 Å². The van der Waals surface area contributed by atoms with Crippen LogP contribution in [0.25, 0.3) is 5.57 Å². The van der Waals surface area contributed by atoms with E-state index in [0.717, 1.165) is 18.4 Å². The first-order valence-electron chi connectivity index (χ1n) is 7.92. The van der Waals surface area contributed by atoms with Crippen molar-refractivity contribution in [2.45, 2.75) is 32.6 Å². The van der Waals surface area contributed by atoms with Gasteiger partial charge in [-0.05, 0) is 53.7 Å². The zero-order chi connectivity index (χ0) is 17.3. The van der Waals surface area contributed by atoms with Crippen molar-refractivity contribution in [3.05, 3.63) is 75.6 Å². The largest absolute Gasteiger partial charge is 0.206 e. The van der Waals surface area contributed by atoms with Crippen LogP contribution in [0.1, 0.15) is 41.2 Å². The fraction of sp³-hybridized carbons (Fsp3) is 0.250. The summed E-state index contributed by atoms with van der Waals surface area (Å²) in [5.41, 5.74) is 2.35. The quantitative estimate of drug-likeness (QED) is 0.768. The Morgan fingerprint density at radius 2 is 1.92 bits per heavy atom. The SMILES string of the molecule is CCCc1ccc(C2=CCc3c(cc(F)c(C#N)c3F)C2)c(F)c1. The van der Waals surface area contributed by atoms with Crippen LogP contribution >= 0.6 is 0 Å². The average Bonchev–Trinajstić information content (AvgIpc) is 2.55. The number of allylic oxidation sites excluding steroid dienone is 2. The molecule has 2 aromatic carbocycles. The van der Waals surface area contributed by atoms with E-state index in [2.05, 4.69) is 0 Å². The normalized spacial score (nSPS) is 13.2. The second-order valence-electron chi connectivity index (χ2n) is 5.97. The lowest BCUT2D eigenvalue weighted by Gasteiger charge is -2.19. The van der Waals surface area contributed by atoms with Crippen molar-refractivity contribution in [2.75, 3.05) is 0 Å². The number of benzene rings is 2. The Bertz CT molecular complexity index is 875. The summed E-state index contributed by atoms with van der Waals surface area (Å²) in [5, 5.41) is 8.84. The van der Waals surface area contributed by atoms with E-state index in [9.17, 15) is 13.2 Å². The minimum Gasteiger partial charge on any atom is -0.206 e. The number of rotatable bonds is 3. The summed E-state index contributed by atoms with van der Waals surface area (Å²) in [5.74, 6) is -1.99. The summed E-state index contributed by atoms with van der Waals surface area (Å²) < 4.78 is 42.4. The third-order valence-electron chi connectivity index (χ3n) is 4.38. The molecule has 0 heterocycles. The third-order valence-corrected chi connectivity index (χ3v) is 4.38. The minimum atomic E-state index is -0.867. The van der Waals surface area contributed by atoms with Crippen LogP contribution in [0.2, 0.25) is 0 Å². The molecule has 0 amide bonds. The molecule has 0 N–H and O–H groups in total. The molecular weight excluding hydrogens is 311 g/mol. The molecule has 0 fully saturated rings. The lowest BCUT2D eigenvalue weighted by atomic mass is 9.86. The van der Waals surface area contributed by atoms with Crippen LogP contribution in [0.3, 0.4) is 0 Å². The van der Waals surface area contributed by atoms with E-state index in [0.29, 0.717) is 22.3 Å². The zero-order valence-corrected chi connectivity index (χ0v) is 13.3. The van der Waals surface area contributed by atoms with E-state index in [1.165, 1.54) is 12.1 Å². The highest BCUT2D eigenvalue weighted by Gasteiger charge is 2.22. The van der Waals surface area contributed by atoms with Gasteiger partial charge in [0.1, 0.15) is 29.1 Å². The standard InChI is InChI=1S/C20H16F3N/c1-2-3-12-4-6-15(18(21)8-12)13-5-7-16-14(9-13)10-19(22)17(11-24)20(16)23/h4-6,8,10H,2-3,7,9H2,1H3. The number of nitriles is 1. The number of aryl methyl sites for hydroxylation is 1.